The molecular weight excluding hydrogens is 224 g/mol. The predicted octanol–water partition coefficient (Wildman–Crippen LogP) is 3.05. The van der Waals surface area contributed by atoms with E-state index in [1.54, 1.807) is 13.3 Å². The second-order valence-electron chi connectivity index (χ2n) is 4.22. The van der Waals surface area contributed by atoms with Gasteiger partial charge in [-0.1, -0.05) is 12.1 Å². The summed E-state index contributed by atoms with van der Waals surface area (Å²) in [6.07, 6.45) is 4.65. The van der Waals surface area contributed by atoms with E-state index in [4.69, 9.17) is 4.74 Å². The Morgan fingerprint density at radius 2 is 2.17 bits per heavy atom. The lowest BCUT2D eigenvalue weighted by molar-refractivity contribution is 0.414. The van der Waals surface area contributed by atoms with Crippen LogP contribution in [0.1, 0.15) is 11.1 Å². The number of nitrogens with one attached hydrogen (secondary N) is 1. The van der Waals surface area contributed by atoms with E-state index in [1.165, 1.54) is 11.1 Å². The standard InChI is InChI=1S/C15H18N2O/c1-12-11-16-8-7-15(12)17-9-6-13-4-3-5-14(10-13)18-2/h3-5,7-8,10-11H,6,9H2,1-2H3,(H,16,17). The molecule has 18 heavy (non-hydrogen) atoms. The van der Waals surface area contributed by atoms with Gasteiger partial charge in [-0.25, -0.2) is 0 Å². The molecule has 1 aromatic carbocycles. The molecule has 0 radical (unpaired) electrons. The van der Waals surface area contributed by atoms with Crippen molar-refractivity contribution in [3.63, 3.8) is 0 Å². The molecule has 0 fully saturated rings. The molecule has 0 aliphatic heterocycles. The molecule has 0 aliphatic rings. The fraction of sp³-hybridized carbons (Fsp3) is 0.267. The Labute approximate surface area is 108 Å². The normalized spacial score (nSPS) is 10.1. The maximum Gasteiger partial charge on any atom is 0.119 e. The number of ether oxygens (including phenoxy) is 1. The SMILES string of the molecule is COc1cccc(CCNc2ccncc2C)c1. The molecule has 0 atom stereocenters. The molecule has 1 heterocycles. The van der Waals surface area contributed by atoms with Crippen LogP contribution in [-0.4, -0.2) is 18.6 Å². The van der Waals surface area contributed by atoms with Gasteiger partial charge in [-0.2, -0.15) is 0 Å². The molecule has 94 valence electrons. The maximum absolute atomic E-state index is 5.21. The first-order chi connectivity index (χ1) is 8.79. The number of hydrogen-bond acceptors (Lipinski definition) is 3. The van der Waals surface area contributed by atoms with Gasteiger partial charge in [0.1, 0.15) is 5.75 Å². The van der Waals surface area contributed by atoms with Crippen LogP contribution in [0.2, 0.25) is 0 Å². The summed E-state index contributed by atoms with van der Waals surface area (Å²) in [5.74, 6) is 0.910. The molecule has 1 N–H and O–H groups in total. The van der Waals surface area contributed by atoms with Crippen molar-refractivity contribution in [1.29, 1.82) is 0 Å². The van der Waals surface area contributed by atoms with Crippen molar-refractivity contribution in [1.82, 2.24) is 4.98 Å². The quantitative estimate of drug-likeness (QED) is 0.875. The van der Waals surface area contributed by atoms with Gasteiger partial charge >= 0.3 is 0 Å². The third-order valence-electron chi connectivity index (χ3n) is 2.88. The smallest absolute Gasteiger partial charge is 0.119 e. The largest absolute Gasteiger partial charge is 0.497 e. The van der Waals surface area contributed by atoms with E-state index < -0.39 is 0 Å². The van der Waals surface area contributed by atoms with Crippen molar-refractivity contribution in [2.75, 3.05) is 19.0 Å². The summed E-state index contributed by atoms with van der Waals surface area (Å²) in [5, 5.41) is 3.42. The number of methoxy groups -OCH3 is 1. The van der Waals surface area contributed by atoms with Gasteiger partial charge < -0.3 is 10.1 Å². The van der Waals surface area contributed by atoms with E-state index in [-0.39, 0.29) is 0 Å². The highest BCUT2D eigenvalue weighted by Crippen LogP contribution is 2.14. The highest BCUT2D eigenvalue weighted by atomic mass is 16.5. The van der Waals surface area contributed by atoms with Crippen LogP contribution in [0, 0.1) is 6.92 Å². The first-order valence-electron chi connectivity index (χ1n) is 6.07. The van der Waals surface area contributed by atoms with Crippen LogP contribution in [0.25, 0.3) is 0 Å². The number of aryl methyl sites for hydroxylation is 1. The van der Waals surface area contributed by atoms with Gasteiger partial charge in [0.2, 0.25) is 0 Å². The fourth-order valence-corrected chi connectivity index (χ4v) is 1.84. The van der Waals surface area contributed by atoms with Crippen LogP contribution in [0.15, 0.2) is 42.7 Å². The van der Waals surface area contributed by atoms with E-state index in [0.29, 0.717) is 0 Å². The number of rotatable bonds is 5. The molecule has 0 spiro atoms. The summed E-state index contributed by atoms with van der Waals surface area (Å²) in [6.45, 7) is 2.96. The molecule has 3 nitrogen and oxygen atoms in total. The van der Waals surface area contributed by atoms with E-state index in [9.17, 15) is 0 Å². The first kappa shape index (κ1) is 12.4. The second-order valence-corrected chi connectivity index (χ2v) is 4.22. The molecule has 0 bridgehead atoms. The summed E-state index contributed by atoms with van der Waals surface area (Å²) < 4.78 is 5.21. The molecule has 0 amide bonds. The maximum atomic E-state index is 5.21. The topological polar surface area (TPSA) is 34.1 Å². The lowest BCUT2D eigenvalue weighted by atomic mass is 10.1. The molecule has 0 aliphatic carbocycles. The Bertz CT molecular complexity index is 511. The Hall–Kier alpha value is -2.03. The van der Waals surface area contributed by atoms with Gasteiger partial charge in [0.05, 0.1) is 7.11 Å². The zero-order valence-corrected chi connectivity index (χ0v) is 10.8. The summed E-state index contributed by atoms with van der Waals surface area (Å²) in [4.78, 5) is 4.08. The van der Waals surface area contributed by atoms with Crippen molar-refractivity contribution in [3.8, 4) is 5.75 Å². The van der Waals surface area contributed by atoms with Gasteiger partial charge in [-0.15, -0.1) is 0 Å². The summed E-state index contributed by atoms with van der Waals surface area (Å²) in [5.41, 5.74) is 3.59. The van der Waals surface area contributed by atoms with Crippen molar-refractivity contribution >= 4 is 5.69 Å². The van der Waals surface area contributed by atoms with E-state index in [1.807, 2.05) is 24.4 Å². The van der Waals surface area contributed by atoms with Crippen LogP contribution in [0.4, 0.5) is 5.69 Å². The van der Waals surface area contributed by atoms with E-state index >= 15 is 0 Å². The molecule has 0 unspecified atom stereocenters. The third kappa shape index (κ3) is 3.23. The molecular formula is C15H18N2O. The zero-order chi connectivity index (χ0) is 12.8. The second kappa shape index (κ2) is 6.05. The lowest BCUT2D eigenvalue weighted by Gasteiger charge is -2.09. The molecule has 0 saturated heterocycles. The van der Waals surface area contributed by atoms with Crippen LogP contribution in [0.5, 0.6) is 5.75 Å². The number of benzene rings is 1. The molecule has 1 aromatic heterocycles. The van der Waals surface area contributed by atoms with Gasteiger partial charge in [0.25, 0.3) is 0 Å². The van der Waals surface area contributed by atoms with E-state index in [0.717, 1.165) is 24.4 Å². The Morgan fingerprint density at radius 3 is 2.94 bits per heavy atom. The summed E-state index contributed by atoms with van der Waals surface area (Å²) >= 11 is 0. The highest BCUT2D eigenvalue weighted by Gasteiger charge is 1.98. The number of pyridine rings is 1. The average Bonchev–Trinajstić information content (AvgIpc) is 2.41. The first-order valence-corrected chi connectivity index (χ1v) is 6.07. The minimum absolute atomic E-state index is 0.901. The number of anilines is 1. The van der Waals surface area contributed by atoms with Crippen LogP contribution < -0.4 is 10.1 Å². The zero-order valence-electron chi connectivity index (χ0n) is 10.8. The fourth-order valence-electron chi connectivity index (χ4n) is 1.84. The Morgan fingerprint density at radius 1 is 1.28 bits per heavy atom. The highest BCUT2D eigenvalue weighted by molar-refractivity contribution is 5.48. The van der Waals surface area contributed by atoms with Crippen LogP contribution >= 0.6 is 0 Å². The molecule has 2 rings (SSSR count). The van der Waals surface area contributed by atoms with Gasteiger partial charge in [0.15, 0.2) is 0 Å². The summed E-state index contributed by atoms with van der Waals surface area (Å²) in [6, 6.07) is 10.2. The van der Waals surface area contributed by atoms with Gasteiger partial charge in [-0.3, -0.25) is 4.98 Å². The van der Waals surface area contributed by atoms with Crippen LogP contribution in [-0.2, 0) is 6.42 Å². The lowest BCUT2D eigenvalue weighted by Crippen LogP contribution is -2.06. The number of aromatic nitrogens is 1. The predicted molar refractivity (Wildman–Crippen MR) is 74.2 cm³/mol. The Balaban J connectivity index is 1.90. The molecule has 2 aromatic rings. The minimum atomic E-state index is 0.901. The van der Waals surface area contributed by atoms with Gasteiger partial charge in [0, 0.05) is 24.6 Å². The van der Waals surface area contributed by atoms with Crippen molar-refractivity contribution < 1.29 is 4.74 Å². The molecule has 0 saturated carbocycles. The average molecular weight is 242 g/mol. The van der Waals surface area contributed by atoms with Crippen molar-refractivity contribution in [2.45, 2.75) is 13.3 Å². The number of nitrogens with zero attached hydrogens (tertiary/aromatic N) is 1. The van der Waals surface area contributed by atoms with Gasteiger partial charge in [-0.05, 0) is 42.7 Å². The van der Waals surface area contributed by atoms with Crippen LogP contribution in [0.3, 0.4) is 0 Å². The molecule has 3 heteroatoms. The van der Waals surface area contributed by atoms with E-state index in [2.05, 4.69) is 29.4 Å². The third-order valence-corrected chi connectivity index (χ3v) is 2.88. The summed E-state index contributed by atoms with van der Waals surface area (Å²) in [7, 11) is 1.69. The monoisotopic (exact) mass is 242 g/mol. The Kier molecular flexibility index (Phi) is 4.18. The van der Waals surface area contributed by atoms with Crippen molar-refractivity contribution in [3.05, 3.63) is 53.9 Å². The minimum Gasteiger partial charge on any atom is -0.497 e. The van der Waals surface area contributed by atoms with Crippen molar-refractivity contribution in [2.24, 2.45) is 0 Å². The number of hydrogen-bond donors (Lipinski definition) is 1.